The summed E-state index contributed by atoms with van der Waals surface area (Å²) in [5.41, 5.74) is 4.65. The third-order valence-electron chi connectivity index (χ3n) is 9.69. The lowest BCUT2D eigenvalue weighted by atomic mass is 9.85. The first-order valence-corrected chi connectivity index (χ1v) is 15.7. The molecule has 1 aromatic carbocycles. The Bertz CT molecular complexity index is 1370. The molecule has 1 aromatic rings. The van der Waals surface area contributed by atoms with Crippen LogP contribution in [-0.2, 0) is 19.2 Å². The highest BCUT2D eigenvalue weighted by Gasteiger charge is 2.70. The van der Waals surface area contributed by atoms with Crippen molar-refractivity contribution in [1.82, 2.24) is 20.9 Å². The number of likely N-dealkylation sites (tertiary alicyclic amines) is 1. The molecular formula is C33H47N5O7. The number of primary amides is 1. The largest absolute Gasteiger partial charge is 0.496 e. The van der Waals surface area contributed by atoms with E-state index in [2.05, 4.69) is 16.0 Å². The number of fused-ring (bicyclic) bond motifs is 1. The van der Waals surface area contributed by atoms with Gasteiger partial charge in [0.05, 0.1) is 24.8 Å². The molecule has 12 nitrogen and oxygen atoms in total. The molecule has 3 aliphatic rings. The van der Waals surface area contributed by atoms with Crippen molar-refractivity contribution >= 4 is 35.3 Å². The van der Waals surface area contributed by atoms with Crippen LogP contribution >= 0.6 is 0 Å². The van der Waals surface area contributed by atoms with Gasteiger partial charge in [0.1, 0.15) is 17.8 Å². The Morgan fingerprint density at radius 2 is 1.67 bits per heavy atom. The SMILES string of the molecule is CC[C@H](NC(=O)N[C@H](C(=O)N1C[C@H]2[C@@H]([C@H]1C(=O)NC(CC1CC1)C(=O)C(N)=O)C2(C)C)C(C)(C)C)C(=O)c1ccccc1OC. The zero-order valence-electron chi connectivity index (χ0n) is 27.3. The van der Waals surface area contributed by atoms with E-state index in [-0.39, 0.29) is 29.0 Å². The Hall–Kier alpha value is -3.96. The van der Waals surface area contributed by atoms with Crippen LogP contribution < -0.4 is 26.4 Å². The molecule has 45 heavy (non-hydrogen) atoms. The second-order valence-corrected chi connectivity index (χ2v) is 14.3. The number of nitrogens with one attached hydrogen (secondary N) is 3. The minimum Gasteiger partial charge on any atom is -0.496 e. The highest BCUT2D eigenvalue weighted by Crippen LogP contribution is 2.65. The third kappa shape index (κ3) is 7.15. The summed E-state index contributed by atoms with van der Waals surface area (Å²) in [6.07, 6.45) is 2.45. The molecule has 1 heterocycles. The number of hydrogen-bond acceptors (Lipinski definition) is 7. The average molecular weight is 626 g/mol. The Morgan fingerprint density at radius 1 is 1.02 bits per heavy atom. The number of carbonyl (C=O) groups is 6. The lowest BCUT2D eigenvalue weighted by molar-refractivity contribution is -0.145. The molecule has 5 N–H and O–H groups in total. The minimum atomic E-state index is -1.11. The summed E-state index contributed by atoms with van der Waals surface area (Å²) in [5, 5.41) is 8.25. The predicted octanol–water partition coefficient (Wildman–Crippen LogP) is 2.19. The summed E-state index contributed by atoms with van der Waals surface area (Å²) < 4.78 is 5.32. The third-order valence-corrected chi connectivity index (χ3v) is 9.69. The number of piperidine rings is 1. The van der Waals surface area contributed by atoms with Crippen LogP contribution in [0.5, 0.6) is 5.75 Å². The van der Waals surface area contributed by atoms with Crippen molar-refractivity contribution in [3.8, 4) is 5.75 Å². The molecule has 1 saturated heterocycles. The molecule has 0 radical (unpaired) electrons. The van der Waals surface area contributed by atoms with Gasteiger partial charge in [0.25, 0.3) is 5.91 Å². The van der Waals surface area contributed by atoms with Gasteiger partial charge in [-0.3, -0.25) is 24.0 Å². The summed E-state index contributed by atoms with van der Waals surface area (Å²) in [4.78, 5) is 80.4. The molecule has 4 rings (SSSR count). The molecule has 0 aromatic heterocycles. The van der Waals surface area contributed by atoms with Gasteiger partial charge in [-0.1, -0.05) is 66.5 Å². The number of rotatable bonds is 13. The molecule has 1 aliphatic heterocycles. The van der Waals surface area contributed by atoms with Crippen LogP contribution in [0.15, 0.2) is 24.3 Å². The van der Waals surface area contributed by atoms with E-state index in [1.54, 1.807) is 52.0 Å². The smallest absolute Gasteiger partial charge is 0.316 e. The minimum absolute atomic E-state index is 0.0586. The van der Waals surface area contributed by atoms with Crippen LogP contribution in [0.25, 0.3) is 0 Å². The number of urea groups is 1. The van der Waals surface area contributed by atoms with Crippen LogP contribution in [0.1, 0.15) is 77.6 Å². The number of nitrogens with two attached hydrogens (primary N) is 1. The van der Waals surface area contributed by atoms with Crippen LogP contribution in [0.2, 0.25) is 0 Å². The maximum absolute atomic E-state index is 14.2. The normalized spacial score (nSPS) is 23.5. The topological polar surface area (TPSA) is 177 Å². The van der Waals surface area contributed by atoms with Crippen LogP contribution in [0.3, 0.4) is 0 Å². The Morgan fingerprint density at radius 3 is 2.22 bits per heavy atom. The standard InChI is InChI=1S/C33H47N5O7/c1-8-20(25(39)18-11-9-10-12-22(18)45-7)36-31(44)37-27(32(2,3)4)30(43)38-16-19-23(33(19,5)6)24(38)29(42)35-21(15-17-13-14-17)26(40)28(34)41/h9-12,17,19-21,23-24,27H,8,13-16H2,1-7H3,(H2,34,41)(H,35,42)(H2,36,37,44)/t19-,20-,21?,23-,24-,27+/m0/s1. The summed E-state index contributed by atoms with van der Waals surface area (Å²) >= 11 is 0. The number of ketones is 2. The molecule has 0 spiro atoms. The van der Waals surface area contributed by atoms with E-state index in [0.29, 0.717) is 30.7 Å². The van der Waals surface area contributed by atoms with Gasteiger partial charge in [-0.2, -0.15) is 0 Å². The highest BCUT2D eigenvalue weighted by atomic mass is 16.5. The van der Waals surface area contributed by atoms with Gasteiger partial charge in [0.15, 0.2) is 5.78 Å². The molecule has 2 saturated carbocycles. The summed E-state index contributed by atoms with van der Waals surface area (Å²) in [6, 6.07) is 2.21. The van der Waals surface area contributed by atoms with Crippen LogP contribution in [-0.4, -0.2) is 78.0 Å². The predicted molar refractivity (Wildman–Crippen MR) is 166 cm³/mol. The molecule has 5 amide bonds. The molecule has 1 unspecified atom stereocenters. The molecule has 6 atom stereocenters. The monoisotopic (exact) mass is 625 g/mol. The Labute approximate surface area is 264 Å². The first kappa shape index (κ1) is 33.9. The van der Waals surface area contributed by atoms with Gasteiger partial charge in [-0.25, -0.2) is 4.79 Å². The van der Waals surface area contributed by atoms with Crippen LogP contribution in [0.4, 0.5) is 4.79 Å². The molecule has 246 valence electrons. The maximum atomic E-state index is 14.2. The van der Waals surface area contributed by atoms with Gasteiger partial charge in [0.2, 0.25) is 17.6 Å². The van der Waals surface area contributed by atoms with E-state index < -0.39 is 59.1 Å². The highest BCUT2D eigenvalue weighted by molar-refractivity contribution is 6.37. The quantitative estimate of drug-likeness (QED) is 0.192. The molecular weight excluding hydrogens is 578 g/mol. The van der Waals surface area contributed by atoms with Crippen molar-refractivity contribution in [3.05, 3.63) is 29.8 Å². The van der Waals surface area contributed by atoms with E-state index in [4.69, 9.17) is 10.5 Å². The molecule has 2 aliphatic carbocycles. The molecule has 3 fully saturated rings. The zero-order chi connectivity index (χ0) is 33.4. The van der Waals surface area contributed by atoms with Gasteiger partial charge in [-0.05, 0) is 53.6 Å². The fourth-order valence-electron chi connectivity index (χ4n) is 6.69. The van der Waals surface area contributed by atoms with Gasteiger partial charge in [-0.15, -0.1) is 0 Å². The number of benzene rings is 1. The number of nitrogens with zero attached hydrogens (tertiary/aromatic N) is 1. The average Bonchev–Trinajstić information content (AvgIpc) is 3.84. The summed E-state index contributed by atoms with van der Waals surface area (Å²) in [6.45, 7) is 11.6. The van der Waals surface area contributed by atoms with Crippen molar-refractivity contribution < 1.29 is 33.5 Å². The number of carbonyl (C=O) groups excluding carboxylic acids is 6. The zero-order valence-corrected chi connectivity index (χ0v) is 27.3. The number of hydrogen-bond donors (Lipinski definition) is 4. The van der Waals surface area contributed by atoms with Crippen molar-refractivity contribution in [2.75, 3.05) is 13.7 Å². The Balaban J connectivity index is 1.52. The van der Waals surface area contributed by atoms with Gasteiger partial charge >= 0.3 is 6.03 Å². The fourth-order valence-corrected chi connectivity index (χ4v) is 6.69. The van der Waals surface area contributed by atoms with Crippen LogP contribution in [0, 0.1) is 28.6 Å². The first-order valence-electron chi connectivity index (χ1n) is 15.7. The second kappa shape index (κ2) is 12.8. The van der Waals surface area contributed by atoms with Gasteiger partial charge < -0.3 is 31.3 Å². The summed E-state index contributed by atoms with van der Waals surface area (Å²) in [7, 11) is 1.46. The second-order valence-electron chi connectivity index (χ2n) is 14.3. The number of Topliss-reactive ketones (excluding diaryl/α,β-unsaturated/α-hetero) is 2. The number of amides is 5. The van der Waals surface area contributed by atoms with Crippen molar-refractivity contribution in [3.63, 3.8) is 0 Å². The maximum Gasteiger partial charge on any atom is 0.316 e. The summed E-state index contributed by atoms with van der Waals surface area (Å²) in [5.74, 6) is -2.69. The number of para-hydroxylation sites is 1. The van der Waals surface area contributed by atoms with E-state index in [1.807, 2.05) is 13.8 Å². The molecule has 12 heteroatoms. The van der Waals surface area contributed by atoms with E-state index in [0.717, 1.165) is 12.8 Å². The van der Waals surface area contributed by atoms with Crippen molar-refractivity contribution in [2.24, 2.45) is 34.3 Å². The van der Waals surface area contributed by atoms with Gasteiger partial charge in [0, 0.05) is 6.54 Å². The van der Waals surface area contributed by atoms with E-state index in [1.165, 1.54) is 12.0 Å². The number of ether oxygens (including phenoxy) is 1. The molecule has 0 bridgehead atoms. The first-order chi connectivity index (χ1) is 21.0. The lowest BCUT2D eigenvalue weighted by Crippen LogP contribution is -2.62. The van der Waals surface area contributed by atoms with Crippen molar-refractivity contribution in [1.29, 1.82) is 0 Å². The number of methoxy groups -OCH3 is 1. The van der Waals surface area contributed by atoms with E-state index in [9.17, 15) is 28.8 Å². The lowest BCUT2D eigenvalue weighted by Gasteiger charge is -2.38. The van der Waals surface area contributed by atoms with Crippen molar-refractivity contribution in [2.45, 2.75) is 91.4 Å². The Kier molecular flexibility index (Phi) is 9.65. The fraction of sp³-hybridized carbons (Fsp3) is 0.636. The van der Waals surface area contributed by atoms with E-state index >= 15 is 0 Å².